The summed E-state index contributed by atoms with van der Waals surface area (Å²) in [6.07, 6.45) is 2.44. The number of hydrogen-bond acceptors (Lipinski definition) is 2. The molecule has 1 N–H and O–H groups in total. The van der Waals surface area contributed by atoms with Crippen LogP contribution in [0.5, 0.6) is 0 Å². The van der Waals surface area contributed by atoms with E-state index < -0.39 is 0 Å². The molecule has 2 rings (SSSR count). The van der Waals surface area contributed by atoms with Crippen LogP contribution >= 0.6 is 0 Å². The molecule has 5 heteroatoms. The molecule has 0 aliphatic heterocycles. The maximum Gasteiger partial charge on any atom is 0.269 e. The Morgan fingerprint density at radius 1 is 1.35 bits per heavy atom. The lowest BCUT2D eigenvalue weighted by atomic mass is 10.2. The molecule has 1 heterocycles. The van der Waals surface area contributed by atoms with Crippen LogP contribution < -0.4 is 5.32 Å². The molecule has 1 aromatic heterocycles. The maximum absolute atomic E-state index is 13.0. The van der Waals surface area contributed by atoms with Gasteiger partial charge in [-0.2, -0.15) is 5.26 Å². The van der Waals surface area contributed by atoms with Gasteiger partial charge in [0.15, 0.2) is 0 Å². The third-order valence-electron chi connectivity index (χ3n) is 2.86. The van der Waals surface area contributed by atoms with E-state index in [1.807, 2.05) is 13.0 Å². The molecule has 2 aromatic rings. The minimum atomic E-state index is -0.349. The zero-order valence-corrected chi connectivity index (χ0v) is 11.1. The van der Waals surface area contributed by atoms with Gasteiger partial charge in [-0.25, -0.2) is 4.39 Å². The zero-order valence-electron chi connectivity index (χ0n) is 11.1. The molecule has 0 fully saturated rings. The standard InChI is InChI=1S/C15H14FN3O/c1-2-8-18-15(20)14-11(10-17)7-9-19(14)13-5-3-12(16)4-6-13/h3-7,9H,2,8H2,1H3,(H,18,20). The van der Waals surface area contributed by atoms with Crippen molar-refractivity contribution in [2.45, 2.75) is 13.3 Å². The first-order chi connectivity index (χ1) is 9.67. The Labute approximate surface area is 116 Å². The summed E-state index contributed by atoms with van der Waals surface area (Å²) in [6.45, 7) is 2.49. The molecule has 0 aliphatic rings. The van der Waals surface area contributed by atoms with Crippen LogP contribution in [0.2, 0.25) is 0 Å². The average molecular weight is 271 g/mol. The summed E-state index contributed by atoms with van der Waals surface area (Å²) in [5.41, 5.74) is 1.20. The lowest BCUT2D eigenvalue weighted by molar-refractivity contribution is 0.0946. The lowest BCUT2D eigenvalue weighted by Gasteiger charge is -2.10. The van der Waals surface area contributed by atoms with Gasteiger partial charge in [-0.3, -0.25) is 4.79 Å². The van der Waals surface area contributed by atoms with Crippen molar-refractivity contribution in [1.82, 2.24) is 9.88 Å². The highest BCUT2D eigenvalue weighted by molar-refractivity contribution is 5.95. The number of nitrogens with zero attached hydrogens (tertiary/aromatic N) is 2. The average Bonchev–Trinajstić information content (AvgIpc) is 2.89. The second-order valence-corrected chi connectivity index (χ2v) is 4.29. The molecular formula is C15H14FN3O. The largest absolute Gasteiger partial charge is 0.351 e. The molecule has 0 bridgehead atoms. The molecule has 0 spiro atoms. The highest BCUT2D eigenvalue weighted by Crippen LogP contribution is 2.17. The van der Waals surface area contributed by atoms with Crippen molar-refractivity contribution in [1.29, 1.82) is 5.26 Å². The Morgan fingerprint density at radius 3 is 2.65 bits per heavy atom. The Morgan fingerprint density at radius 2 is 2.05 bits per heavy atom. The van der Waals surface area contributed by atoms with E-state index in [4.69, 9.17) is 5.26 Å². The van der Waals surface area contributed by atoms with E-state index in [0.717, 1.165) is 6.42 Å². The van der Waals surface area contributed by atoms with Crippen LogP contribution in [0.1, 0.15) is 29.4 Å². The number of aromatic nitrogens is 1. The van der Waals surface area contributed by atoms with Gasteiger partial charge in [0.1, 0.15) is 17.6 Å². The molecule has 102 valence electrons. The summed E-state index contributed by atoms with van der Waals surface area (Å²) in [4.78, 5) is 12.1. The first-order valence-electron chi connectivity index (χ1n) is 6.33. The lowest BCUT2D eigenvalue weighted by Crippen LogP contribution is -2.27. The second kappa shape index (κ2) is 6.02. The number of nitrogens with one attached hydrogen (secondary N) is 1. The Kier molecular flexibility index (Phi) is 4.16. The van der Waals surface area contributed by atoms with Gasteiger partial charge in [0.25, 0.3) is 5.91 Å². The first kappa shape index (κ1) is 13.8. The molecule has 1 aromatic carbocycles. The van der Waals surface area contributed by atoms with Crippen LogP contribution in [0.3, 0.4) is 0 Å². The fourth-order valence-corrected chi connectivity index (χ4v) is 1.89. The Hall–Kier alpha value is -2.61. The van der Waals surface area contributed by atoms with Crippen molar-refractivity contribution in [2.24, 2.45) is 0 Å². The maximum atomic E-state index is 13.0. The van der Waals surface area contributed by atoms with Gasteiger partial charge >= 0.3 is 0 Å². The number of hydrogen-bond donors (Lipinski definition) is 1. The van der Waals surface area contributed by atoms with Gasteiger partial charge in [0.2, 0.25) is 0 Å². The van der Waals surface area contributed by atoms with Gasteiger partial charge < -0.3 is 9.88 Å². The quantitative estimate of drug-likeness (QED) is 0.929. The van der Waals surface area contributed by atoms with Crippen molar-refractivity contribution >= 4 is 5.91 Å². The summed E-state index contributed by atoms with van der Waals surface area (Å²) in [5, 5.41) is 11.8. The van der Waals surface area contributed by atoms with Crippen LogP contribution in [0.25, 0.3) is 5.69 Å². The molecule has 0 radical (unpaired) electrons. The monoisotopic (exact) mass is 271 g/mol. The number of carbonyl (C=O) groups is 1. The molecular weight excluding hydrogens is 257 g/mol. The Bertz CT molecular complexity index is 653. The van der Waals surface area contributed by atoms with E-state index >= 15 is 0 Å². The minimum absolute atomic E-state index is 0.271. The number of rotatable bonds is 4. The summed E-state index contributed by atoms with van der Waals surface area (Å²) >= 11 is 0. The van der Waals surface area contributed by atoms with E-state index in [-0.39, 0.29) is 17.4 Å². The van der Waals surface area contributed by atoms with Crippen LogP contribution in [0.4, 0.5) is 4.39 Å². The normalized spacial score (nSPS) is 10.1. The SMILES string of the molecule is CCCNC(=O)c1c(C#N)ccn1-c1ccc(F)cc1. The number of halogens is 1. The summed E-state index contributed by atoms with van der Waals surface area (Å²) in [7, 11) is 0. The molecule has 0 saturated carbocycles. The van der Waals surface area contributed by atoms with E-state index in [1.165, 1.54) is 12.1 Å². The molecule has 20 heavy (non-hydrogen) atoms. The fraction of sp³-hybridized carbons (Fsp3) is 0.200. The van der Waals surface area contributed by atoms with Crippen LogP contribution in [0, 0.1) is 17.1 Å². The van der Waals surface area contributed by atoms with E-state index in [1.54, 1.807) is 29.0 Å². The molecule has 4 nitrogen and oxygen atoms in total. The van der Waals surface area contributed by atoms with Crippen molar-refractivity contribution in [3.63, 3.8) is 0 Å². The molecule has 0 atom stereocenters. The van der Waals surface area contributed by atoms with Gasteiger partial charge in [0, 0.05) is 18.4 Å². The van der Waals surface area contributed by atoms with Gasteiger partial charge in [0.05, 0.1) is 5.56 Å². The predicted octanol–water partition coefficient (Wildman–Crippen LogP) is 2.63. The highest BCUT2D eigenvalue weighted by atomic mass is 19.1. The summed E-state index contributed by atoms with van der Waals surface area (Å²) < 4.78 is 14.5. The van der Waals surface area contributed by atoms with Crippen molar-refractivity contribution in [2.75, 3.05) is 6.54 Å². The molecule has 1 amide bonds. The van der Waals surface area contributed by atoms with E-state index in [0.29, 0.717) is 17.8 Å². The fourth-order valence-electron chi connectivity index (χ4n) is 1.89. The Balaban J connectivity index is 2.44. The minimum Gasteiger partial charge on any atom is -0.351 e. The van der Waals surface area contributed by atoms with Crippen molar-refractivity contribution in [3.8, 4) is 11.8 Å². The zero-order chi connectivity index (χ0) is 14.5. The number of benzene rings is 1. The highest BCUT2D eigenvalue weighted by Gasteiger charge is 2.17. The topological polar surface area (TPSA) is 57.8 Å². The van der Waals surface area contributed by atoms with Crippen molar-refractivity contribution < 1.29 is 9.18 Å². The third kappa shape index (κ3) is 2.69. The molecule has 0 unspecified atom stereocenters. The van der Waals surface area contributed by atoms with Crippen LogP contribution in [0.15, 0.2) is 36.5 Å². The predicted molar refractivity (Wildman–Crippen MR) is 73.1 cm³/mol. The van der Waals surface area contributed by atoms with E-state index in [9.17, 15) is 9.18 Å². The van der Waals surface area contributed by atoms with E-state index in [2.05, 4.69) is 5.32 Å². The smallest absolute Gasteiger partial charge is 0.269 e. The molecule has 0 saturated heterocycles. The van der Waals surface area contributed by atoms with Crippen LogP contribution in [-0.2, 0) is 0 Å². The van der Waals surface area contributed by atoms with Gasteiger partial charge in [-0.05, 0) is 36.8 Å². The van der Waals surface area contributed by atoms with Gasteiger partial charge in [-0.1, -0.05) is 6.92 Å². The number of amides is 1. The second-order valence-electron chi connectivity index (χ2n) is 4.29. The van der Waals surface area contributed by atoms with Gasteiger partial charge in [-0.15, -0.1) is 0 Å². The van der Waals surface area contributed by atoms with Crippen LogP contribution in [-0.4, -0.2) is 17.0 Å². The summed E-state index contributed by atoms with van der Waals surface area (Å²) in [5.74, 6) is -0.656. The molecule has 0 aliphatic carbocycles. The first-order valence-corrected chi connectivity index (χ1v) is 6.33. The number of nitriles is 1. The third-order valence-corrected chi connectivity index (χ3v) is 2.86. The van der Waals surface area contributed by atoms with Crippen molar-refractivity contribution in [3.05, 3.63) is 53.6 Å². The summed E-state index contributed by atoms with van der Waals surface area (Å²) in [6, 6.07) is 9.33. The number of carbonyl (C=O) groups excluding carboxylic acids is 1.